The number of hydrogen-bond acceptors (Lipinski definition) is 2. The molecule has 0 saturated heterocycles. The number of carbonyl (C=O) groups excluding carboxylic acids is 2. The van der Waals surface area contributed by atoms with Crippen molar-refractivity contribution in [2.45, 2.75) is 32.2 Å². The fourth-order valence-electron chi connectivity index (χ4n) is 3.40. The first kappa shape index (κ1) is 19.4. The summed E-state index contributed by atoms with van der Waals surface area (Å²) in [5, 5.41) is 3.47. The van der Waals surface area contributed by atoms with Crippen molar-refractivity contribution in [1.29, 1.82) is 0 Å². The Labute approximate surface area is 163 Å². The number of nitrogens with zero attached hydrogens (tertiary/aromatic N) is 1. The van der Waals surface area contributed by atoms with Crippen LogP contribution in [0.1, 0.15) is 53.7 Å². The number of carbonyl (C=O) groups is 2. The van der Waals surface area contributed by atoms with Gasteiger partial charge in [-0.2, -0.15) is 0 Å². The number of nitrogens with one attached hydrogen (secondary N) is 1. The van der Waals surface area contributed by atoms with E-state index < -0.39 is 11.9 Å². The van der Waals surface area contributed by atoms with Crippen LogP contribution in [0.25, 0.3) is 0 Å². The fourth-order valence-corrected chi connectivity index (χ4v) is 3.53. The van der Waals surface area contributed by atoms with Crippen LogP contribution in [0.2, 0.25) is 5.02 Å². The van der Waals surface area contributed by atoms with Crippen LogP contribution in [0.3, 0.4) is 0 Å². The van der Waals surface area contributed by atoms with Crippen molar-refractivity contribution in [2.24, 2.45) is 0 Å². The second kappa shape index (κ2) is 8.09. The topological polar surface area (TPSA) is 49.4 Å². The van der Waals surface area contributed by atoms with Crippen LogP contribution in [0.5, 0.6) is 0 Å². The molecule has 142 valence electrons. The van der Waals surface area contributed by atoms with Crippen molar-refractivity contribution in [3.8, 4) is 0 Å². The van der Waals surface area contributed by atoms with Crippen molar-refractivity contribution in [2.75, 3.05) is 13.1 Å². The minimum Gasteiger partial charge on any atom is -0.354 e. The molecule has 4 nitrogen and oxygen atoms in total. The first-order valence-electron chi connectivity index (χ1n) is 9.06. The summed E-state index contributed by atoms with van der Waals surface area (Å²) in [5.41, 5.74) is 1.83. The highest BCUT2D eigenvalue weighted by atomic mass is 35.5. The molecule has 1 aliphatic rings. The zero-order valence-corrected chi connectivity index (χ0v) is 16.1. The lowest BCUT2D eigenvalue weighted by atomic mass is 9.99. The summed E-state index contributed by atoms with van der Waals surface area (Å²) >= 11 is 5.95. The smallest absolute Gasteiger partial charge is 0.255 e. The summed E-state index contributed by atoms with van der Waals surface area (Å²) in [6, 6.07) is 10.6. The van der Waals surface area contributed by atoms with E-state index in [1.807, 2.05) is 26.0 Å². The molecule has 2 atom stereocenters. The summed E-state index contributed by atoms with van der Waals surface area (Å²) in [7, 11) is 0. The zero-order chi connectivity index (χ0) is 19.6. The Kier molecular flexibility index (Phi) is 5.80. The summed E-state index contributed by atoms with van der Waals surface area (Å²) in [6.45, 7) is 4.80. The van der Waals surface area contributed by atoms with Crippen LogP contribution >= 0.6 is 11.6 Å². The molecule has 1 heterocycles. The molecule has 3 rings (SSSR count). The molecule has 2 amide bonds. The lowest BCUT2D eigenvalue weighted by molar-refractivity contribution is -0.125. The Morgan fingerprint density at radius 2 is 1.96 bits per heavy atom. The maximum atomic E-state index is 13.8. The van der Waals surface area contributed by atoms with Gasteiger partial charge in [0.2, 0.25) is 5.91 Å². The first-order valence-corrected chi connectivity index (χ1v) is 9.43. The van der Waals surface area contributed by atoms with Crippen LogP contribution in [0.4, 0.5) is 4.39 Å². The number of amides is 2. The van der Waals surface area contributed by atoms with E-state index in [2.05, 4.69) is 5.32 Å². The number of hydrogen-bond donors (Lipinski definition) is 1. The second-order valence-electron chi connectivity index (χ2n) is 6.84. The molecule has 0 bridgehead atoms. The Morgan fingerprint density at radius 1 is 1.26 bits per heavy atom. The Bertz CT molecular complexity index is 854. The molecule has 6 heteroatoms. The third kappa shape index (κ3) is 3.98. The molecule has 0 aliphatic carbocycles. The molecule has 0 radical (unpaired) electrons. The highest BCUT2D eigenvalue weighted by Crippen LogP contribution is 2.36. The summed E-state index contributed by atoms with van der Waals surface area (Å²) in [5.74, 6) is -0.991. The minimum atomic E-state index is -0.815. The quantitative estimate of drug-likeness (QED) is 0.801. The highest BCUT2D eigenvalue weighted by Gasteiger charge is 2.41. The second-order valence-corrected chi connectivity index (χ2v) is 7.27. The average molecular weight is 389 g/mol. The van der Waals surface area contributed by atoms with Gasteiger partial charge in [0.1, 0.15) is 11.9 Å². The van der Waals surface area contributed by atoms with E-state index in [-0.39, 0.29) is 17.7 Å². The van der Waals surface area contributed by atoms with E-state index in [9.17, 15) is 14.0 Å². The van der Waals surface area contributed by atoms with Gasteiger partial charge in [0.05, 0.1) is 0 Å². The van der Waals surface area contributed by atoms with Crippen molar-refractivity contribution in [3.63, 3.8) is 0 Å². The minimum absolute atomic E-state index is 0.00755. The van der Waals surface area contributed by atoms with Gasteiger partial charge < -0.3 is 10.2 Å². The summed E-state index contributed by atoms with van der Waals surface area (Å²) in [6.07, 6.45) is 0.781. The molecule has 27 heavy (non-hydrogen) atoms. The number of fused-ring (bicyclic) bond motifs is 1. The van der Waals surface area contributed by atoms with Gasteiger partial charge in [0.25, 0.3) is 5.91 Å². The molecule has 0 fully saturated rings. The maximum Gasteiger partial charge on any atom is 0.255 e. The van der Waals surface area contributed by atoms with Crippen LogP contribution < -0.4 is 5.32 Å². The lowest BCUT2D eigenvalue weighted by Crippen LogP contribution is -2.41. The zero-order valence-electron chi connectivity index (χ0n) is 15.3. The van der Waals surface area contributed by atoms with Gasteiger partial charge in [-0.3, -0.25) is 9.59 Å². The van der Waals surface area contributed by atoms with Crippen LogP contribution in [-0.2, 0) is 4.79 Å². The molecule has 1 N–H and O–H groups in total. The van der Waals surface area contributed by atoms with Gasteiger partial charge in [-0.05, 0) is 53.8 Å². The van der Waals surface area contributed by atoms with Crippen molar-refractivity contribution in [3.05, 3.63) is 70.0 Å². The monoisotopic (exact) mass is 388 g/mol. The van der Waals surface area contributed by atoms with E-state index >= 15 is 0 Å². The SMILES string of the molecule is CCCNC(=O)C1c2cc(F)ccc2C(=O)N1CC(C)c1ccc(Cl)cc1. The molecule has 2 unspecified atom stereocenters. The van der Waals surface area contributed by atoms with Crippen LogP contribution in [0.15, 0.2) is 42.5 Å². The summed E-state index contributed by atoms with van der Waals surface area (Å²) < 4.78 is 13.8. The molecular formula is C21H22ClFN2O2. The van der Waals surface area contributed by atoms with Gasteiger partial charge >= 0.3 is 0 Å². The van der Waals surface area contributed by atoms with Crippen molar-refractivity contribution < 1.29 is 14.0 Å². The Hall–Kier alpha value is -2.40. The largest absolute Gasteiger partial charge is 0.354 e. The van der Waals surface area contributed by atoms with Gasteiger partial charge in [0.15, 0.2) is 0 Å². The highest BCUT2D eigenvalue weighted by molar-refractivity contribution is 6.30. The van der Waals surface area contributed by atoms with E-state index in [0.29, 0.717) is 29.2 Å². The van der Waals surface area contributed by atoms with Gasteiger partial charge in [-0.25, -0.2) is 4.39 Å². The first-order chi connectivity index (χ1) is 12.9. The fraction of sp³-hybridized carbons (Fsp3) is 0.333. The van der Waals surface area contributed by atoms with E-state index in [1.165, 1.54) is 23.1 Å². The summed E-state index contributed by atoms with van der Waals surface area (Å²) in [4.78, 5) is 27.2. The third-order valence-electron chi connectivity index (χ3n) is 4.82. The molecule has 0 aromatic heterocycles. The van der Waals surface area contributed by atoms with Crippen LogP contribution in [-0.4, -0.2) is 29.8 Å². The molecule has 2 aromatic carbocycles. The third-order valence-corrected chi connectivity index (χ3v) is 5.07. The molecule has 0 spiro atoms. The normalized spacial score (nSPS) is 17.0. The number of benzene rings is 2. The molecular weight excluding hydrogens is 367 g/mol. The van der Waals surface area contributed by atoms with Crippen molar-refractivity contribution in [1.82, 2.24) is 10.2 Å². The van der Waals surface area contributed by atoms with Gasteiger partial charge in [-0.15, -0.1) is 0 Å². The predicted molar refractivity (Wildman–Crippen MR) is 103 cm³/mol. The molecule has 2 aromatic rings. The van der Waals surface area contributed by atoms with Crippen molar-refractivity contribution >= 4 is 23.4 Å². The average Bonchev–Trinajstić information content (AvgIpc) is 2.91. The number of halogens is 2. The number of rotatable bonds is 6. The molecule has 1 aliphatic heterocycles. The van der Waals surface area contributed by atoms with E-state index in [1.54, 1.807) is 12.1 Å². The van der Waals surface area contributed by atoms with E-state index in [4.69, 9.17) is 11.6 Å². The lowest BCUT2D eigenvalue weighted by Gasteiger charge is -2.27. The van der Waals surface area contributed by atoms with Gasteiger partial charge in [-0.1, -0.05) is 37.6 Å². The predicted octanol–water partition coefficient (Wildman–Crippen LogP) is 4.31. The van der Waals surface area contributed by atoms with Crippen LogP contribution in [0, 0.1) is 5.82 Å². The molecule has 0 saturated carbocycles. The van der Waals surface area contributed by atoms with E-state index in [0.717, 1.165) is 12.0 Å². The Balaban J connectivity index is 1.90. The maximum absolute atomic E-state index is 13.8. The van der Waals surface area contributed by atoms with Gasteiger partial charge in [0, 0.05) is 23.7 Å². The Morgan fingerprint density at radius 3 is 2.63 bits per heavy atom. The standard InChI is InChI=1S/C21H22ClFN2O2/c1-3-10-24-20(26)19-18-11-16(23)8-9-17(18)21(27)25(19)12-13(2)14-4-6-15(22)7-5-14/h4-9,11,13,19H,3,10,12H2,1-2H3,(H,24,26).